The third-order valence-electron chi connectivity index (χ3n) is 4.85. The Morgan fingerprint density at radius 1 is 1.31 bits per heavy atom. The number of aromatic nitrogens is 3. The summed E-state index contributed by atoms with van der Waals surface area (Å²) in [5, 5.41) is 7.31. The molecule has 3 heterocycles. The molecule has 1 saturated heterocycles. The fourth-order valence-corrected chi connectivity index (χ4v) is 3.94. The Labute approximate surface area is 156 Å². The topological polar surface area (TPSA) is 69.0 Å². The van der Waals surface area contributed by atoms with Gasteiger partial charge in [-0.2, -0.15) is 5.10 Å². The number of hydrogen-bond acceptors (Lipinski definition) is 5. The van der Waals surface area contributed by atoms with Crippen LogP contribution in [0.4, 0.5) is 0 Å². The molecule has 1 fully saturated rings. The fourth-order valence-electron chi connectivity index (χ4n) is 3.22. The summed E-state index contributed by atoms with van der Waals surface area (Å²) in [6, 6.07) is 4.45. The van der Waals surface area contributed by atoms with E-state index in [1.807, 2.05) is 29.5 Å². The summed E-state index contributed by atoms with van der Waals surface area (Å²) in [4.78, 5) is 16.0. The number of hydrogen-bond donors (Lipinski definition) is 1. The molecule has 0 saturated carbocycles. The molecule has 3 aromatic rings. The molecular weight excluding hydrogens is 348 g/mol. The highest BCUT2D eigenvalue weighted by molar-refractivity contribution is 7.17. The van der Waals surface area contributed by atoms with Gasteiger partial charge in [0.25, 0.3) is 0 Å². The van der Waals surface area contributed by atoms with Crippen molar-refractivity contribution in [2.45, 2.75) is 39.3 Å². The highest BCUT2D eigenvalue weighted by Gasteiger charge is 2.28. The molecule has 2 atom stereocenters. The summed E-state index contributed by atoms with van der Waals surface area (Å²) in [7, 11) is 0. The molecule has 1 aliphatic rings. The average molecular weight is 370 g/mol. The number of benzene rings is 1. The Bertz CT molecular complexity index is 946. The predicted molar refractivity (Wildman–Crippen MR) is 102 cm³/mol. The van der Waals surface area contributed by atoms with Gasteiger partial charge in [0.15, 0.2) is 0 Å². The van der Waals surface area contributed by atoms with Crippen molar-refractivity contribution in [1.29, 1.82) is 0 Å². The Balaban J connectivity index is 1.67. The average Bonchev–Trinajstić information content (AvgIpc) is 3.34. The zero-order valence-electron chi connectivity index (χ0n) is 15.1. The van der Waals surface area contributed by atoms with Gasteiger partial charge in [-0.3, -0.25) is 9.48 Å². The number of amides is 1. The molecule has 0 bridgehead atoms. The van der Waals surface area contributed by atoms with E-state index in [2.05, 4.69) is 41.4 Å². The van der Waals surface area contributed by atoms with Crippen molar-refractivity contribution < 1.29 is 9.53 Å². The van der Waals surface area contributed by atoms with E-state index >= 15 is 0 Å². The second kappa shape index (κ2) is 6.72. The van der Waals surface area contributed by atoms with Gasteiger partial charge in [0.05, 0.1) is 21.9 Å². The Morgan fingerprint density at radius 3 is 2.85 bits per heavy atom. The van der Waals surface area contributed by atoms with Gasteiger partial charge in [-0.1, -0.05) is 0 Å². The quantitative estimate of drug-likeness (QED) is 0.744. The van der Waals surface area contributed by atoms with Gasteiger partial charge in [0.1, 0.15) is 11.9 Å². The molecule has 26 heavy (non-hydrogen) atoms. The van der Waals surface area contributed by atoms with Crippen LogP contribution >= 0.6 is 11.3 Å². The molecule has 0 radical (unpaired) electrons. The van der Waals surface area contributed by atoms with E-state index in [4.69, 9.17) is 4.74 Å². The van der Waals surface area contributed by atoms with Gasteiger partial charge in [-0.25, -0.2) is 4.98 Å². The zero-order chi connectivity index (χ0) is 18.3. The van der Waals surface area contributed by atoms with Crippen LogP contribution in [0.5, 0.6) is 5.75 Å². The molecule has 1 aromatic carbocycles. The van der Waals surface area contributed by atoms with E-state index in [0.29, 0.717) is 19.0 Å². The fraction of sp³-hybridized carbons (Fsp3) is 0.421. The van der Waals surface area contributed by atoms with Crippen LogP contribution in [0.15, 0.2) is 30.0 Å². The van der Waals surface area contributed by atoms with Gasteiger partial charge < -0.3 is 10.1 Å². The Morgan fingerprint density at radius 2 is 2.15 bits per heavy atom. The number of carbonyl (C=O) groups excluding carboxylic acids is 1. The highest BCUT2D eigenvalue weighted by atomic mass is 32.1. The first-order valence-electron chi connectivity index (χ1n) is 8.86. The van der Waals surface area contributed by atoms with Crippen LogP contribution in [0, 0.1) is 5.92 Å². The van der Waals surface area contributed by atoms with Gasteiger partial charge >= 0.3 is 0 Å². The van der Waals surface area contributed by atoms with Gasteiger partial charge in [0.2, 0.25) is 5.91 Å². The van der Waals surface area contributed by atoms with Crippen LogP contribution in [0.25, 0.3) is 21.3 Å². The maximum atomic E-state index is 11.5. The normalized spacial score (nSPS) is 18.5. The molecular formula is C19H22N4O2S. The second-order valence-electron chi connectivity index (χ2n) is 7.07. The number of ether oxygens (including phenoxy) is 1. The minimum atomic E-state index is -0.0483. The minimum absolute atomic E-state index is 0.0483. The van der Waals surface area contributed by atoms with Crippen molar-refractivity contribution >= 4 is 27.5 Å². The molecule has 1 N–H and O–H groups in total. The second-order valence-corrected chi connectivity index (χ2v) is 7.92. The lowest BCUT2D eigenvalue weighted by Gasteiger charge is -2.20. The van der Waals surface area contributed by atoms with E-state index in [-0.39, 0.29) is 17.9 Å². The summed E-state index contributed by atoms with van der Waals surface area (Å²) in [5.74, 6) is 1.12. The minimum Gasteiger partial charge on any atom is -0.489 e. The monoisotopic (exact) mass is 370 g/mol. The standard InChI is InChI=1S/C19H22N4O2S/c1-11(2)23-9-15(8-22-23)13-4-16-19(26-10-21-16)17(5-13)25-12(3)14-6-18(24)20-7-14/h4-5,8-12,14H,6-7H2,1-3H3,(H,20,24)/t12?,14-/m1/s1. The predicted octanol–water partition coefficient (Wildman–Crippen LogP) is 3.64. The van der Waals surface area contributed by atoms with Crippen LogP contribution in [0.2, 0.25) is 0 Å². The lowest BCUT2D eigenvalue weighted by Crippen LogP contribution is -2.25. The van der Waals surface area contributed by atoms with Crippen molar-refractivity contribution in [1.82, 2.24) is 20.1 Å². The van der Waals surface area contributed by atoms with Gasteiger partial charge in [0, 0.05) is 36.7 Å². The smallest absolute Gasteiger partial charge is 0.220 e. The molecule has 1 unspecified atom stereocenters. The van der Waals surface area contributed by atoms with E-state index in [0.717, 1.165) is 27.1 Å². The highest BCUT2D eigenvalue weighted by Crippen LogP contribution is 2.36. The summed E-state index contributed by atoms with van der Waals surface area (Å²) in [6.45, 7) is 6.91. The van der Waals surface area contributed by atoms with Crippen molar-refractivity contribution in [3.8, 4) is 16.9 Å². The summed E-state index contributed by atoms with van der Waals surface area (Å²) < 4.78 is 9.27. The van der Waals surface area contributed by atoms with Crippen molar-refractivity contribution in [2.24, 2.45) is 5.92 Å². The summed E-state index contributed by atoms with van der Waals surface area (Å²) in [5.41, 5.74) is 4.85. The Hall–Kier alpha value is -2.41. The molecule has 2 aromatic heterocycles. The molecule has 0 spiro atoms. The lowest BCUT2D eigenvalue weighted by atomic mass is 10.0. The van der Waals surface area contributed by atoms with Crippen LogP contribution in [-0.2, 0) is 4.79 Å². The van der Waals surface area contributed by atoms with Crippen LogP contribution in [0.1, 0.15) is 33.2 Å². The number of carbonyl (C=O) groups is 1. The van der Waals surface area contributed by atoms with E-state index in [1.165, 1.54) is 0 Å². The molecule has 6 nitrogen and oxygen atoms in total. The molecule has 4 rings (SSSR count). The van der Waals surface area contributed by atoms with Crippen LogP contribution in [0.3, 0.4) is 0 Å². The largest absolute Gasteiger partial charge is 0.489 e. The first-order chi connectivity index (χ1) is 12.5. The van der Waals surface area contributed by atoms with Crippen molar-refractivity contribution in [3.63, 3.8) is 0 Å². The third kappa shape index (κ3) is 3.19. The lowest BCUT2D eigenvalue weighted by molar-refractivity contribution is -0.119. The zero-order valence-corrected chi connectivity index (χ0v) is 15.9. The number of fused-ring (bicyclic) bond motifs is 1. The van der Waals surface area contributed by atoms with Gasteiger partial charge in [-0.05, 0) is 38.5 Å². The number of nitrogens with zero attached hydrogens (tertiary/aromatic N) is 3. The molecule has 7 heteroatoms. The van der Waals surface area contributed by atoms with E-state index in [9.17, 15) is 4.79 Å². The summed E-state index contributed by atoms with van der Waals surface area (Å²) in [6.07, 6.45) is 4.40. The number of nitrogens with one attached hydrogen (secondary N) is 1. The van der Waals surface area contributed by atoms with Crippen molar-refractivity contribution in [3.05, 3.63) is 30.0 Å². The first kappa shape index (κ1) is 17.0. The molecule has 136 valence electrons. The van der Waals surface area contributed by atoms with Crippen LogP contribution < -0.4 is 10.1 Å². The van der Waals surface area contributed by atoms with E-state index < -0.39 is 0 Å². The Kier molecular flexibility index (Phi) is 4.40. The molecule has 0 aliphatic carbocycles. The van der Waals surface area contributed by atoms with Crippen molar-refractivity contribution in [2.75, 3.05) is 6.54 Å². The maximum Gasteiger partial charge on any atom is 0.220 e. The van der Waals surface area contributed by atoms with Crippen LogP contribution in [-0.4, -0.2) is 33.3 Å². The third-order valence-corrected chi connectivity index (χ3v) is 5.70. The van der Waals surface area contributed by atoms with E-state index in [1.54, 1.807) is 11.3 Å². The number of rotatable bonds is 5. The first-order valence-corrected chi connectivity index (χ1v) is 9.74. The summed E-state index contributed by atoms with van der Waals surface area (Å²) >= 11 is 1.57. The van der Waals surface area contributed by atoms with Gasteiger partial charge in [-0.15, -0.1) is 11.3 Å². The molecule has 1 aliphatic heterocycles. The SMILES string of the molecule is CC(Oc1cc(-c2cnn(C(C)C)c2)cc2ncsc12)[C@H]1CNC(=O)C1. The maximum absolute atomic E-state index is 11.5. The number of thiazole rings is 1. The molecule has 1 amide bonds.